The van der Waals surface area contributed by atoms with E-state index in [4.69, 9.17) is 15.2 Å². The Kier molecular flexibility index (Phi) is 3.72. The number of nitrogens with two attached hydrogens (primary N) is 1. The summed E-state index contributed by atoms with van der Waals surface area (Å²) in [5.41, 5.74) is 7.56. The Morgan fingerprint density at radius 1 is 0.944 bits per heavy atom. The number of benzene rings is 2. The van der Waals surface area contributed by atoms with Crippen molar-refractivity contribution in [3.05, 3.63) is 48.0 Å². The highest BCUT2D eigenvalue weighted by atomic mass is 16.5. The maximum absolute atomic E-state index is 5.78. The van der Waals surface area contributed by atoms with E-state index in [1.165, 1.54) is 0 Å². The van der Waals surface area contributed by atoms with Gasteiger partial charge < -0.3 is 15.2 Å². The molecule has 2 N–H and O–H groups in total. The van der Waals surface area contributed by atoms with Gasteiger partial charge in [-0.05, 0) is 55.8 Å². The van der Waals surface area contributed by atoms with Crippen LogP contribution in [0.25, 0.3) is 0 Å². The molecule has 3 nitrogen and oxygen atoms in total. The molecule has 0 atom stereocenters. The normalized spacial score (nSPS) is 10.1. The molecule has 2 rings (SSSR count). The average molecular weight is 243 g/mol. The van der Waals surface area contributed by atoms with Gasteiger partial charge in [0.05, 0.1) is 6.61 Å². The first-order valence-electron chi connectivity index (χ1n) is 5.95. The van der Waals surface area contributed by atoms with E-state index in [2.05, 4.69) is 0 Å². The highest BCUT2D eigenvalue weighted by Gasteiger charge is 2.00. The first-order chi connectivity index (χ1) is 8.67. The van der Waals surface area contributed by atoms with Gasteiger partial charge >= 0.3 is 0 Å². The monoisotopic (exact) mass is 243 g/mol. The van der Waals surface area contributed by atoms with Crippen molar-refractivity contribution in [3.8, 4) is 17.2 Å². The van der Waals surface area contributed by atoms with Crippen molar-refractivity contribution in [1.29, 1.82) is 0 Å². The predicted molar refractivity (Wildman–Crippen MR) is 73.3 cm³/mol. The van der Waals surface area contributed by atoms with Crippen molar-refractivity contribution in [2.24, 2.45) is 0 Å². The molecule has 0 aliphatic heterocycles. The second kappa shape index (κ2) is 5.45. The van der Waals surface area contributed by atoms with Crippen LogP contribution in [0.3, 0.4) is 0 Å². The van der Waals surface area contributed by atoms with Gasteiger partial charge in [-0.15, -0.1) is 0 Å². The van der Waals surface area contributed by atoms with Crippen LogP contribution < -0.4 is 15.2 Å². The van der Waals surface area contributed by atoms with Crippen LogP contribution in [0.2, 0.25) is 0 Å². The maximum Gasteiger partial charge on any atom is 0.129 e. The van der Waals surface area contributed by atoms with E-state index in [1.807, 2.05) is 56.3 Å². The van der Waals surface area contributed by atoms with E-state index in [-0.39, 0.29) is 0 Å². The highest BCUT2D eigenvalue weighted by Crippen LogP contribution is 2.26. The quantitative estimate of drug-likeness (QED) is 0.831. The van der Waals surface area contributed by atoms with Gasteiger partial charge in [-0.25, -0.2) is 0 Å². The van der Waals surface area contributed by atoms with Crippen molar-refractivity contribution in [2.45, 2.75) is 13.8 Å². The predicted octanol–water partition coefficient (Wildman–Crippen LogP) is 3.77. The molecule has 0 amide bonds. The molecule has 0 aliphatic rings. The fraction of sp³-hybridized carbons (Fsp3) is 0.200. The van der Waals surface area contributed by atoms with E-state index in [0.29, 0.717) is 12.3 Å². The average Bonchev–Trinajstić information content (AvgIpc) is 2.31. The van der Waals surface area contributed by atoms with Crippen LogP contribution in [0.5, 0.6) is 17.2 Å². The zero-order valence-electron chi connectivity index (χ0n) is 10.6. The standard InChI is InChI=1S/C15H17NO2/c1-3-17-13-4-6-14(7-5-13)18-15-9-11(2)8-12(16)10-15/h4-10H,3,16H2,1-2H3. The summed E-state index contributed by atoms with van der Waals surface area (Å²) in [5.74, 6) is 2.36. The zero-order chi connectivity index (χ0) is 13.0. The SMILES string of the molecule is CCOc1ccc(Oc2cc(C)cc(N)c2)cc1. The summed E-state index contributed by atoms with van der Waals surface area (Å²) in [6, 6.07) is 13.2. The second-order valence-corrected chi connectivity index (χ2v) is 4.09. The van der Waals surface area contributed by atoms with Crippen LogP contribution in [0, 0.1) is 6.92 Å². The molecule has 0 heterocycles. The Morgan fingerprint density at radius 3 is 2.22 bits per heavy atom. The fourth-order valence-corrected chi connectivity index (χ4v) is 1.74. The van der Waals surface area contributed by atoms with E-state index >= 15 is 0 Å². The molecule has 0 aromatic heterocycles. The lowest BCUT2D eigenvalue weighted by Gasteiger charge is -2.08. The molecule has 0 spiro atoms. The molecule has 94 valence electrons. The van der Waals surface area contributed by atoms with Crippen LogP contribution >= 0.6 is 0 Å². The Bertz CT molecular complexity index is 500. The van der Waals surface area contributed by atoms with Crippen molar-refractivity contribution >= 4 is 5.69 Å². The first-order valence-corrected chi connectivity index (χ1v) is 5.95. The number of nitrogen functional groups attached to an aromatic ring is 1. The lowest BCUT2D eigenvalue weighted by molar-refractivity contribution is 0.339. The molecule has 0 radical (unpaired) electrons. The number of aryl methyl sites for hydroxylation is 1. The third-order valence-corrected chi connectivity index (χ3v) is 2.44. The Morgan fingerprint density at radius 2 is 1.61 bits per heavy atom. The number of ether oxygens (including phenoxy) is 2. The minimum Gasteiger partial charge on any atom is -0.494 e. The maximum atomic E-state index is 5.78. The van der Waals surface area contributed by atoms with Gasteiger partial charge in [0.2, 0.25) is 0 Å². The summed E-state index contributed by atoms with van der Waals surface area (Å²) >= 11 is 0. The van der Waals surface area contributed by atoms with Crippen LogP contribution in [0.4, 0.5) is 5.69 Å². The van der Waals surface area contributed by atoms with Crippen molar-refractivity contribution in [2.75, 3.05) is 12.3 Å². The smallest absolute Gasteiger partial charge is 0.129 e. The van der Waals surface area contributed by atoms with Crippen molar-refractivity contribution in [1.82, 2.24) is 0 Å². The van der Waals surface area contributed by atoms with Gasteiger partial charge in [-0.2, -0.15) is 0 Å². The topological polar surface area (TPSA) is 44.5 Å². The van der Waals surface area contributed by atoms with Crippen LogP contribution in [0.15, 0.2) is 42.5 Å². The van der Waals surface area contributed by atoms with Crippen LogP contribution in [-0.4, -0.2) is 6.61 Å². The van der Waals surface area contributed by atoms with Gasteiger partial charge in [0.15, 0.2) is 0 Å². The molecule has 2 aromatic rings. The molecule has 0 saturated carbocycles. The molecule has 3 heteroatoms. The molecule has 0 bridgehead atoms. The lowest BCUT2D eigenvalue weighted by Crippen LogP contribution is -1.92. The molecule has 18 heavy (non-hydrogen) atoms. The minimum absolute atomic E-state index is 0.661. The van der Waals surface area contributed by atoms with E-state index in [0.717, 1.165) is 22.8 Å². The molecule has 0 aliphatic carbocycles. The Labute approximate surface area is 107 Å². The third-order valence-electron chi connectivity index (χ3n) is 2.44. The van der Waals surface area contributed by atoms with E-state index < -0.39 is 0 Å². The molecule has 0 fully saturated rings. The highest BCUT2D eigenvalue weighted by molar-refractivity contribution is 5.48. The number of hydrogen-bond acceptors (Lipinski definition) is 3. The summed E-state index contributed by atoms with van der Waals surface area (Å²) in [6.45, 7) is 4.61. The number of anilines is 1. The third kappa shape index (κ3) is 3.17. The first kappa shape index (κ1) is 12.3. The Balaban J connectivity index is 2.13. The van der Waals surface area contributed by atoms with Gasteiger partial charge in [-0.1, -0.05) is 0 Å². The number of rotatable bonds is 4. The molecule has 2 aromatic carbocycles. The summed E-state index contributed by atoms with van der Waals surface area (Å²) in [5, 5.41) is 0. The zero-order valence-corrected chi connectivity index (χ0v) is 10.6. The van der Waals surface area contributed by atoms with Crippen LogP contribution in [0.1, 0.15) is 12.5 Å². The molecule has 0 unspecified atom stereocenters. The van der Waals surface area contributed by atoms with E-state index in [9.17, 15) is 0 Å². The summed E-state index contributed by atoms with van der Waals surface area (Å²) in [4.78, 5) is 0. The minimum atomic E-state index is 0.661. The van der Waals surface area contributed by atoms with Gasteiger partial charge in [0, 0.05) is 11.8 Å². The second-order valence-electron chi connectivity index (χ2n) is 4.09. The van der Waals surface area contributed by atoms with Crippen molar-refractivity contribution in [3.63, 3.8) is 0 Å². The van der Waals surface area contributed by atoms with Crippen molar-refractivity contribution < 1.29 is 9.47 Å². The molecular formula is C15H17NO2. The summed E-state index contributed by atoms with van der Waals surface area (Å²) in [7, 11) is 0. The van der Waals surface area contributed by atoms with Gasteiger partial charge in [0.1, 0.15) is 17.2 Å². The fourth-order valence-electron chi connectivity index (χ4n) is 1.74. The molecule has 0 saturated heterocycles. The Hall–Kier alpha value is -2.16. The molecular weight excluding hydrogens is 226 g/mol. The number of hydrogen-bond donors (Lipinski definition) is 1. The lowest BCUT2D eigenvalue weighted by atomic mass is 10.2. The van der Waals surface area contributed by atoms with E-state index in [1.54, 1.807) is 0 Å². The van der Waals surface area contributed by atoms with Gasteiger partial charge in [-0.3, -0.25) is 0 Å². The summed E-state index contributed by atoms with van der Waals surface area (Å²) in [6.07, 6.45) is 0. The van der Waals surface area contributed by atoms with Gasteiger partial charge in [0.25, 0.3) is 0 Å². The summed E-state index contributed by atoms with van der Waals surface area (Å²) < 4.78 is 11.1. The van der Waals surface area contributed by atoms with Crippen LogP contribution in [-0.2, 0) is 0 Å². The largest absolute Gasteiger partial charge is 0.494 e.